The van der Waals surface area contributed by atoms with Crippen molar-refractivity contribution in [1.29, 1.82) is 0 Å². The van der Waals surface area contributed by atoms with Crippen molar-refractivity contribution in [3.05, 3.63) is 0 Å². The van der Waals surface area contributed by atoms with Crippen LogP contribution >= 0.6 is 0 Å². The van der Waals surface area contributed by atoms with Gasteiger partial charge in [-0.1, -0.05) is 4.40 Å². The Labute approximate surface area is 96.6 Å². The molecule has 0 aliphatic heterocycles. The Hall–Kier alpha value is -0.230. The molecule has 0 N–H and O–H groups in total. The van der Waals surface area contributed by atoms with Crippen LogP contribution in [0.1, 0.15) is 40.0 Å². The van der Waals surface area contributed by atoms with Gasteiger partial charge in [-0.15, -0.1) is 0 Å². The summed E-state index contributed by atoms with van der Waals surface area (Å²) in [6.07, 6.45) is -2.84. The zero-order valence-corrected chi connectivity index (χ0v) is 10.4. The third-order valence-electron chi connectivity index (χ3n) is 2.63. The van der Waals surface area contributed by atoms with Crippen molar-refractivity contribution in [3.8, 4) is 0 Å². The summed E-state index contributed by atoms with van der Waals surface area (Å²) >= 11 is -1.47. The van der Waals surface area contributed by atoms with Crippen LogP contribution in [-0.2, 0) is 11.4 Å². The third kappa shape index (κ3) is 3.13. The summed E-state index contributed by atoms with van der Waals surface area (Å²) in [7, 11) is 0. The average molecular weight is 255 g/mol. The zero-order chi connectivity index (χ0) is 12.6. The van der Waals surface area contributed by atoms with Gasteiger partial charge in [-0.05, 0) is 33.6 Å². The summed E-state index contributed by atoms with van der Waals surface area (Å²) in [6, 6.07) is 0. The van der Waals surface area contributed by atoms with Crippen molar-refractivity contribution in [1.82, 2.24) is 0 Å². The van der Waals surface area contributed by atoms with Crippen LogP contribution in [0.3, 0.4) is 0 Å². The van der Waals surface area contributed by atoms with E-state index in [1.165, 1.54) is 6.21 Å². The minimum absolute atomic E-state index is 0.154. The summed E-state index contributed by atoms with van der Waals surface area (Å²) in [6.45, 7) is 5.20. The van der Waals surface area contributed by atoms with E-state index in [9.17, 15) is 17.7 Å². The van der Waals surface area contributed by atoms with E-state index >= 15 is 0 Å². The molecule has 0 unspecified atom stereocenters. The minimum atomic E-state index is -4.16. The van der Waals surface area contributed by atoms with E-state index in [0.29, 0.717) is 0 Å². The van der Waals surface area contributed by atoms with Crippen molar-refractivity contribution < 1.29 is 17.7 Å². The number of rotatable bonds is 3. The van der Waals surface area contributed by atoms with Gasteiger partial charge in [0.25, 0.3) is 0 Å². The number of hydrogen-bond acceptors (Lipinski definition) is 2. The first kappa shape index (κ1) is 13.8. The molecular weight excluding hydrogens is 239 g/mol. The molecule has 0 radical (unpaired) electrons. The van der Waals surface area contributed by atoms with Crippen molar-refractivity contribution in [2.24, 2.45) is 9.81 Å². The predicted molar refractivity (Wildman–Crippen MR) is 58.7 cm³/mol. The van der Waals surface area contributed by atoms with Crippen LogP contribution in [0.15, 0.2) is 4.40 Å². The van der Waals surface area contributed by atoms with Gasteiger partial charge in [0.2, 0.25) is 0 Å². The Morgan fingerprint density at radius 3 is 2.12 bits per heavy atom. The predicted octanol–water partition coefficient (Wildman–Crippen LogP) is 3.25. The molecule has 0 heterocycles. The molecule has 1 atom stereocenters. The Balaban J connectivity index is 2.50. The normalized spacial score (nSPS) is 22.4. The van der Waals surface area contributed by atoms with Gasteiger partial charge in [0, 0.05) is 6.42 Å². The van der Waals surface area contributed by atoms with Gasteiger partial charge in [0.15, 0.2) is 0 Å². The lowest BCUT2D eigenvalue weighted by atomic mass is 10.0. The smallest absolute Gasteiger partial charge is 0.394 e. The molecule has 1 rings (SSSR count). The van der Waals surface area contributed by atoms with Crippen molar-refractivity contribution in [2.75, 3.05) is 0 Å². The van der Waals surface area contributed by atoms with Gasteiger partial charge in [-0.2, -0.15) is 13.2 Å². The molecule has 1 fully saturated rings. The summed E-state index contributed by atoms with van der Waals surface area (Å²) in [4.78, 5) is 0. The second-order valence-electron chi connectivity index (χ2n) is 5.13. The molecule has 2 nitrogen and oxygen atoms in total. The Morgan fingerprint density at radius 1 is 1.31 bits per heavy atom. The zero-order valence-electron chi connectivity index (χ0n) is 9.60. The summed E-state index contributed by atoms with van der Waals surface area (Å²) in [5, 5.41) is 0. The molecule has 0 bridgehead atoms. The number of alkyl halides is 3. The van der Waals surface area contributed by atoms with Gasteiger partial charge < -0.3 is 4.55 Å². The molecule has 0 spiro atoms. The quantitative estimate of drug-likeness (QED) is 0.563. The lowest BCUT2D eigenvalue weighted by Gasteiger charge is -2.19. The molecule has 16 heavy (non-hydrogen) atoms. The summed E-state index contributed by atoms with van der Waals surface area (Å²) < 4.78 is 52.2. The summed E-state index contributed by atoms with van der Waals surface area (Å²) in [5.74, 6) is 0. The average Bonchev–Trinajstić information content (AvgIpc) is 2.82. The van der Waals surface area contributed by atoms with Crippen LogP contribution in [-0.4, -0.2) is 21.7 Å². The second-order valence-corrected chi connectivity index (χ2v) is 7.07. The first-order valence-electron chi connectivity index (χ1n) is 5.10. The largest absolute Gasteiger partial charge is 0.591 e. The topological polar surface area (TPSA) is 35.4 Å². The van der Waals surface area contributed by atoms with Gasteiger partial charge in [0.1, 0.15) is 16.1 Å². The monoisotopic (exact) mass is 255 g/mol. The molecule has 0 amide bonds. The van der Waals surface area contributed by atoms with Crippen molar-refractivity contribution in [3.63, 3.8) is 0 Å². The fourth-order valence-electron chi connectivity index (χ4n) is 1.19. The van der Waals surface area contributed by atoms with E-state index in [1.807, 2.05) is 0 Å². The Bertz CT molecular complexity index is 279. The Kier molecular flexibility index (Phi) is 3.65. The molecule has 0 aromatic rings. The fourth-order valence-corrected chi connectivity index (χ4v) is 1.72. The van der Waals surface area contributed by atoms with E-state index < -0.39 is 27.7 Å². The van der Waals surface area contributed by atoms with Crippen LogP contribution < -0.4 is 0 Å². The van der Waals surface area contributed by atoms with Crippen LogP contribution in [0.25, 0.3) is 0 Å². The molecule has 94 valence electrons. The second kappa shape index (κ2) is 4.22. The maximum Gasteiger partial charge on any atom is 0.394 e. The summed E-state index contributed by atoms with van der Waals surface area (Å²) in [5.41, 5.74) is -1.58. The molecule has 1 saturated carbocycles. The maximum atomic E-state index is 12.5. The molecule has 0 saturated heterocycles. The lowest BCUT2D eigenvalue weighted by molar-refractivity contribution is -0.184. The van der Waals surface area contributed by atoms with Gasteiger partial charge >= 0.3 is 6.18 Å². The molecule has 1 aliphatic carbocycles. The first-order valence-corrected chi connectivity index (χ1v) is 6.20. The molecule has 0 aromatic heterocycles. The highest BCUT2D eigenvalue weighted by Gasteiger charge is 2.62. The highest BCUT2D eigenvalue weighted by atomic mass is 32.2. The molecule has 6 heteroatoms. The highest BCUT2D eigenvalue weighted by Crippen LogP contribution is 2.59. The SMILES string of the molecule is CC(C)(C)[S@@+]([O-])/N=C/CC1(C(F)(F)F)CC1. The Morgan fingerprint density at radius 2 is 1.81 bits per heavy atom. The van der Waals surface area contributed by atoms with Crippen LogP contribution in [0.2, 0.25) is 0 Å². The minimum Gasteiger partial charge on any atom is -0.591 e. The van der Waals surface area contributed by atoms with Gasteiger partial charge in [-0.25, -0.2) is 0 Å². The van der Waals surface area contributed by atoms with Crippen molar-refractivity contribution in [2.45, 2.75) is 51.0 Å². The number of halogens is 3. The molecular formula is C10H16F3NOS. The van der Waals surface area contributed by atoms with Crippen LogP contribution in [0.5, 0.6) is 0 Å². The van der Waals surface area contributed by atoms with Gasteiger partial charge in [-0.3, -0.25) is 0 Å². The van der Waals surface area contributed by atoms with E-state index in [2.05, 4.69) is 4.40 Å². The maximum absolute atomic E-state index is 12.5. The van der Waals surface area contributed by atoms with Gasteiger partial charge in [0.05, 0.1) is 11.6 Å². The van der Waals surface area contributed by atoms with Crippen LogP contribution in [0.4, 0.5) is 13.2 Å². The van der Waals surface area contributed by atoms with E-state index in [4.69, 9.17) is 0 Å². The van der Waals surface area contributed by atoms with E-state index in [-0.39, 0.29) is 19.3 Å². The fraction of sp³-hybridized carbons (Fsp3) is 0.900. The van der Waals surface area contributed by atoms with E-state index in [1.54, 1.807) is 20.8 Å². The molecule has 0 aromatic carbocycles. The first-order chi connectivity index (χ1) is 7.08. The number of nitrogens with zero attached hydrogens (tertiary/aromatic N) is 1. The number of hydrogen-bond donors (Lipinski definition) is 0. The van der Waals surface area contributed by atoms with Crippen LogP contribution in [0, 0.1) is 5.41 Å². The van der Waals surface area contributed by atoms with Crippen molar-refractivity contribution >= 4 is 17.6 Å². The highest BCUT2D eigenvalue weighted by molar-refractivity contribution is 7.91. The standard InChI is InChI=1S/C10H16F3NOS/c1-8(2,3)16(15)14-7-6-9(4-5-9)10(11,12)13/h7H,4-6H2,1-3H3/b14-7+/t16-/m1/s1. The molecule has 1 aliphatic rings. The van der Waals surface area contributed by atoms with E-state index in [0.717, 1.165) is 0 Å². The third-order valence-corrected chi connectivity index (χ3v) is 4.02. The lowest BCUT2D eigenvalue weighted by Crippen LogP contribution is -2.27.